The Labute approximate surface area is 98.0 Å². The number of hydrogen-bond acceptors (Lipinski definition) is 2. The van der Waals surface area contributed by atoms with Gasteiger partial charge < -0.3 is 11.1 Å². The first-order valence-corrected chi connectivity index (χ1v) is 5.55. The molecule has 3 N–H and O–H groups in total. The van der Waals surface area contributed by atoms with E-state index in [0.717, 1.165) is 10.2 Å². The van der Waals surface area contributed by atoms with Crippen LogP contribution >= 0.6 is 27.5 Å². The van der Waals surface area contributed by atoms with Crippen molar-refractivity contribution in [3.63, 3.8) is 0 Å². The molecule has 0 aliphatic rings. The van der Waals surface area contributed by atoms with Crippen molar-refractivity contribution in [1.29, 1.82) is 0 Å². The van der Waals surface area contributed by atoms with Gasteiger partial charge in [-0.2, -0.15) is 0 Å². The van der Waals surface area contributed by atoms with Gasteiger partial charge in [0.05, 0.1) is 5.02 Å². The first-order chi connectivity index (χ1) is 6.44. The van der Waals surface area contributed by atoms with Gasteiger partial charge in [0, 0.05) is 22.2 Å². The highest BCUT2D eigenvalue weighted by atomic mass is 79.9. The first-order valence-electron chi connectivity index (χ1n) is 4.38. The van der Waals surface area contributed by atoms with Crippen molar-refractivity contribution in [2.45, 2.75) is 19.4 Å². The number of nitrogens with one attached hydrogen (secondary N) is 1. The number of nitrogens with two attached hydrogens (primary N) is 1. The average molecular weight is 278 g/mol. The number of hydrogen-bond donors (Lipinski definition) is 2. The van der Waals surface area contributed by atoms with Crippen LogP contribution in [0.25, 0.3) is 0 Å². The Hall–Kier alpha value is -0.250. The van der Waals surface area contributed by atoms with E-state index in [1.54, 1.807) is 0 Å². The summed E-state index contributed by atoms with van der Waals surface area (Å²) in [6, 6.07) is 5.76. The van der Waals surface area contributed by atoms with Crippen LogP contribution in [0.2, 0.25) is 5.02 Å². The molecule has 0 amide bonds. The zero-order valence-corrected chi connectivity index (χ0v) is 10.6. The molecule has 1 aromatic rings. The van der Waals surface area contributed by atoms with Gasteiger partial charge in [-0.25, -0.2) is 0 Å². The van der Waals surface area contributed by atoms with Crippen molar-refractivity contribution in [1.82, 2.24) is 0 Å². The summed E-state index contributed by atoms with van der Waals surface area (Å²) in [5.74, 6) is 0. The smallest absolute Gasteiger partial charge is 0.0568 e. The summed E-state index contributed by atoms with van der Waals surface area (Å²) in [7, 11) is 0. The topological polar surface area (TPSA) is 38.0 Å². The van der Waals surface area contributed by atoms with E-state index in [1.165, 1.54) is 0 Å². The number of anilines is 1. The van der Waals surface area contributed by atoms with Gasteiger partial charge in [-0.3, -0.25) is 0 Å². The molecule has 0 saturated carbocycles. The molecule has 0 heterocycles. The fourth-order valence-electron chi connectivity index (χ4n) is 1.02. The normalized spacial score (nSPS) is 11.5. The van der Waals surface area contributed by atoms with Crippen LogP contribution in [0.4, 0.5) is 5.69 Å². The molecule has 0 atom stereocenters. The molecule has 0 aliphatic carbocycles. The maximum Gasteiger partial charge on any atom is 0.0568 e. The van der Waals surface area contributed by atoms with Crippen molar-refractivity contribution in [3.8, 4) is 0 Å². The van der Waals surface area contributed by atoms with Gasteiger partial charge in [0.2, 0.25) is 0 Å². The Morgan fingerprint density at radius 1 is 1.50 bits per heavy atom. The Bertz CT molecular complexity index is 326. The van der Waals surface area contributed by atoms with E-state index in [9.17, 15) is 0 Å². The predicted molar refractivity (Wildman–Crippen MR) is 65.9 cm³/mol. The second-order valence-electron chi connectivity index (χ2n) is 3.84. The third kappa shape index (κ3) is 3.15. The van der Waals surface area contributed by atoms with Crippen LogP contribution in [0.5, 0.6) is 0 Å². The lowest BCUT2D eigenvalue weighted by Crippen LogP contribution is -2.39. The summed E-state index contributed by atoms with van der Waals surface area (Å²) in [5.41, 5.74) is 6.48. The van der Waals surface area contributed by atoms with E-state index >= 15 is 0 Å². The number of rotatable bonds is 3. The highest BCUT2D eigenvalue weighted by molar-refractivity contribution is 9.10. The molecule has 0 aliphatic heterocycles. The van der Waals surface area contributed by atoms with Gasteiger partial charge in [0.25, 0.3) is 0 Å². The van der Waals surface area contributed by atoms with Crippen LogP contribution in [-0.2, 0) is 0 Å². The number of halogens is 2. The predicted octanol–water partition coefficient (Wildman–Crippen LogP) is 3.25. The third-order valence-electron chi connectivity index (χ3n) is 1.91. The summed E-state index contributed by atoms with van der Waals surface area (Å²) in [6.45, 7) is 4.66. The number of benzene rings is 1. The standard InChI is InChI=1S/C10H14BrClN2/c1-10(2,6-13)14-7-3-4-8(11)9(12)5-7/h3-5,14H,6,13H2,1-2H3. The van der Waals surface area contributed by atoms with Crippen LogP contribution < -0.4 is 11.1 Å². The van der Waals surface area contributed by atoms with Crippen LogP contribution in [0.3, 0.4) is 0 Å². The molecule has 14 heavy (non-hydrogen) atoms. The summed E-state index contributed by atoms with van der Waals surface area (Å²) < 4.78 is 0.898. The minimum absolute atomic E-state index is 0.114. The van der Waals surface area contributed by atoms with Crippen molar-refractivity contribution in [2.24, 2.45) is 5.73 Å². The van der Waals surface area contributed by atoms with Crippen molar-refractivity contribution < 1.29 is 0 Å². The monoisotopic (exact) mass is 276 g/mol. The fraction of sp³-hybridized carbons (Fsp3) is 0.400. The Balaban J connectivity index is 2.83. The highest BCUT2D eigenvalue weighted by Crippen LogP contribution is 2.26. The minimum Gasteiger partial charge on any atom is -0.379 e. The molecule has 0 radical (unpaired) electrons. The molecule has 0 bridgehead atoms. The van der Waals surface area contributed by atoms with E-state index in [0.29, 0.717) is 11.6 Å². The molecule has 4 heteroatoms. The summed E-state index contributed by atoms with van der Waals surface area (Å²) >= 11 is 9.31. The van der Waals surface area contributed by atoms with Crippen molar-refractivity contribution in [2.75, 3.05) is 11.9 Å². The molecule has 1 rings (SSSR count). The molecule has 0 fully saturated rings. The fourth-order valence-corrected chi connectivity index (χ4v) is 1.44. The van der Waals surface area contributed by atoms with Crippen LogP contribution in [-0.4, -0.2) is 12.1 Å². The quantitative estimate of drug-likeness (QED) is 0.890. The van der Waals surface area contributed by atoms with E-state index in [2.05, 4.69) is 21.2 Å². The van der Waals surface area contributed by atoms with Crippen LogP contribution in [0.15, 0.2) is 22.7 Å². The Morgan fingerprint density at radius 2 is 2.14 bits per heavy atom. The maximum absolute atomic E-state index is 5.97. The highest BCUT2D eigenvalue weighted by Gasteiger charge is 2.14. The minimum atomic E-state index is -0.114. The molecule has 0 aromatic heterocycles. The van der Waals surface area contributed by atoms with Gasteiger partial charge in [-0.05, 0) is 48.0 Å². The molecule has 2 nitrogen and oxygen atoms in total. The third-order valence-corrected chi connectivity index (χ3v) is 3.15. The van der Waals surface area contributed by atoms with Crippen molar-refractivity contribution in [3.05, 3.63) is 27.7 Å². The zero-order chi connectivity index (χ0) is 10.8. The van der Waals surface area contributed by atoms with Gasteiger partial charge in [0.15, 0.2) is 0 Å². The molecule has 1 aromatic carbocycles. The largest absolute Gasteiger partial charge is 0.379 e. The lowest BCUT2D eigenvalue weighted by molar-refractivity contribution is 0.580. The SMILES string of the molecule is CC(C)(CN)Nc1ccc(Br)c(Cl)c1. The van der Waals surface area contributed by atoms with E-state index in [1.807, 2.05) is 32.0 Å². The lowest BCUT2D eigenvalue weighted by Gasteiger charge is -2.25. The van der Waals surface area contributed by atoms with Gasteiger partial charge in [0.1, 0.15) is 0 Å². The molecule has 0 saturated heterocycles. The van der Waals surface area contributed by atoms with Gasteiger partial charge in [-0.15, -0.1) is 0 Å². The summed E-state index contributed by atoms with van der Waals surface area (Å²) in [5, 5.41) is 4.00. The Morgan fingerprint density at radius 3 is 2.64 bits per heavy atom. The van der Waals surface area contributed by atoms with Crippen LogP contribution in [0, 0.1) is 0 Å². The second-order valence-corrected chi connectivity index (χ2v) is 5.10. The van der Waals surface area contributed by atoms with E-state index < -0.39 is 0 Å². The molecular formula is C10H14BrClN2. The van der Waals surface area contributed by atoms with E-state index in [4.69, 9.17) is 17.3 Å². The summed E-state index contributed by atoms with van der Waals surface area (Å²) in [4.78, 5) is 0. The first kappa shape index (κ1) is 11.8. The average Bonchev–Trinajstić information content (AvgIpc) is 2.11. The van der Waals surface area contributed by atoms with Crippen LogP contribution in [0.1, 0.15) is 13.8 Å². The molecule has 0 unspecified atom stereocenters. The lowest BCUT2D eigenvalue weighted by atomic mass is 10.1. The van der Waals surface area contributed by atoms with Crippen molar-refractivity contribution >= 4 is 33.2 Å². The molecular weight excluding hydrogens is 263 g/mol. The molecule has 0 spiro atoms. The van der Waals surface area contributed by atoms with Gasteiger partial charge in [-0.1, -0.05) is 11.6 Å². The zero-order valence-electron chi connectivity index (χ0n) is 8.27. The summed E-state index contributed by atoms with van der Waals surface area (Å²) in [6.07, 6.45) is 0. The molecule has 78 valence electrons. The maximum atomic E-state index is 5.97. The van der Waals surface area contributed by atoms with E-state index in [-0.39, 0.29) is 5.54 Å². The Kier molecular flexibility index (Phi) is 3.81. The second kappa shape index (κ2) is 4.51. The van der Waals surface area contributed by atoms with Gasteiger partial charge >= 0.3 is 0 Å².